The number of nitro groups is 1. The van der Waals surface area contributed by atoms with Crippen LogP contribution in [0.25, 0.3) is 0 Å². The second-order valence-corrected chi connectivity index (χ2v) is 6.06. The van der Waals surface area contributed by atoms with E-state index < -0.39 is 4.92 Å². The van der Waals surface area contributed by atoms with E-state index in [2.05, 4.69) is 9.88 Å². The number of non-ortho nitro benzene ring substituents is 1. The fourth-order valence-corrected chi connectivity index (χ4v) is 2.81. The Hall–Kier alpha value is -3.00. The fourth-order valence-electron chi connectivity index (χ4n) is 2.81. The van der Waals surface area contributed by atoms with Gasteiger partial charge in [-0.05, 0) is 23.8 Å². The number of benzene rings is 1. The van der Waals surface area contributed by atoms with Gasteiger partial charge >= 0.3 is 0 Å². The van der Waals surface area contributed by atoms with Crippen LogP contribution < -0.4 is 4.74 Å². The van der Waals surface area contributed by atoms with E-state index in [1.807, 2.05) is 18.3 Å². The van der Waals surface area contributed by atoms with E-state index in [1.165, 1.54) is 24.3 Å². The number of amides is 1. The molecule has 0 atom stereocenters. The molecule has 26 heavy (non-hydrogen) atoms. The van der Waals surface area contributed by atoms with Gasteiger partial charge in [0.05, 0.1) is 4.92 Å². The van der Waals surface area contributed by atoms with Crippen molar-refractivity contribution in [1.29, 1.82) is 0 Å². The molecule has 1 aromatic heterocycles. The van der Waals surface area contributed by atoms with E-state index in [-0.39, 0.29) is 18.2 Å². The van der Waals surface area contributed by atoms with Crippen LogP contribution in [0.1, 0.15) is 5.56 Å². The van der Waals surface area contributed by atoms with Gasteiger partial charge in [0.1, 0.15) is 5.75 Å². The first-order chi connectivity index (χ1) is 12.6. The smallest absolute Gasteiger partial charge is 0.269 e. The molecule has 1 aliphatic heterocycles. The topological polar surface area (TPSA) is 88.8 Å². The maximum atomic E-state index is 12.3. The molecule has 1 aliphatic rings. The number of nitro benzene ring substituents is 1. The number of carbonyl (C=O) groups excluding carboxylic acids is 1. The zero-order valence-corrected chi connectivity index (χ0v) is 14.3. The number of pyridine rings is 1. The van der Waals surface area contributed by atoms with Crippen LogP contribution in [0.4, 0.5) is 5.69 Å². The highest BCUT2D eigenvalue weighted by Gasteiger charge is 2.21. The van der Waals surface area contributed by atoms with Gasteiger partial charge in [-0.25, -0.2) is 0 Å². The minimum Gasteiger partial charge on any atom is -0.484 e. The summed E-state index contributed by atoms with van der Waals surface area (Å²) >= 11 is 0. The Balaban J connectivity index is 1.42. The van der Waals surface area contributed by atoms with Gasteiger partial charge in [0.25, 0.3) is 11.6 Å². The Morgan fingerprint density at radius 3 is 2.50 bits per heavy atom. The van der Waals surface area contributed by atoms with Gasteiger partial charge in [0.2, 0.25) is 0 Å². The van der Waals surface area contributed by atoms with Gasteiger partial charge in [-0.1, -0.05) is 6.07 Å². The van der Waals surface area contributed by atoms with Crippen LogP contribution in [-0.4, -0.2) is 58.4 Å². The third-order valence-electron chi connectivity index (χ3n) is 4.26. The molecule has 0 radical (unpaired) electrons. The van der Waals surface area contributed by atoms with Crippen molar-refractivity contribution in [1.82, 2.24) is 14.8 Å². The molecule has 2 heterocycles. The molecule has 1 saturated heterocycles. The molecule has 136 valence electrons. The van der Waals surface area contributed by atoms with Crippen molar-refractivity contribution in [3.05, 3.63) is 64.5 Å². The summed E-state index contributed by atoms with van der Waals surface area (Å²) in [6.45, 7) is 3.68. The number of carbonyl (C=O) groups is 1. The number of hydrogen-bond donors (Lipinski definition) is 0. The minimum absolute atomic E-state index is 0.00610. The third-order valence-corrected chi connectivity index (χ3v) is 4.26. The van der Waals surface area contributed by atoms with Gasteiger partial charge in [0, 0.05) is 57.3 Å². The highest BCUT2D eigenvalue weighted by molar-refractivity contribution is 5.77. The van der Waals surface area contributed by atoms with E-state index >= 15 is 0 Å². The van der Waals surface area contributed by atoms with Crippen LogP contribution in [0, 0.1) is 10.1 Å². The lowest BCUT2D eigenvalue weighted by Gasteiger charge is -2.34. The summed E-state index contributed by atoms with van der Waals surface area (Å²) in [5.74, 6) is 0.364. The summed E-state index contributed by atoms with van der Waals surface area (Å²) in [7, 11) is 0. The van der Waals surface area contributed by atoms with Crippen molar-refractivity contribution >= 4 is 11.6 Å². The molecule has 1 amide bonds. The van der Waals surface area contributed by atoms with E-state index in [0.717, 1.165) is 25.2 Å². The second-order valence-electron chi connectivity index (χ2n) is 6.06. The first kappa shape index (κ1) is 17.8. The monoisotopic (exact) mass is 356 g/mol. The molecule has 3 rings (SSSR count). The average molecular weight is 356 g/mol. The molecule has 1 fully saturated rings. The van der Waals surface area contributed by atoms with Crippen molar-refractivity contribution in [2.75, 3.05) is 32.8 Å². The van der Waals surface area contributed by atoms with E-state index in [0.29, 0.717) is 18.8 Å². The highest BCUT2D eigenvalue weighted by atomic mass is 16.6. The molecule has 8 nitrogen and oxygen atoms in total. The number of hydrogen-bond acceptors (Lipinski definition) is 6. The fraction of sp³-hybridized carbons (Fsp3) is 0.333. The lowest BCUT2D eigenvalue weighted by molar-refractivity contribution is -0.384. The standard InChI is InChI=1S/C18H20N4O4/c23-18(14-26-17-5-3-16(4-6-17)22(24)25)21-10-8-20(9-11-21)13-15-2-1-7-19-12-15/h1-7,12H,8-11,13-14H2. The van der Waals surface area contributed by atoms with Gasteiger partial charge in [0.15, 0.2) is 6.61 Å². The van der Waals surface area contributed by atoms with Gasteiger partial charge < -0.3 is 9.64 Å². The number of rotatable bonds is 6. The zero-order chi connectivity index (χ0) is 18.4. The molecule has 0 saturated carbocycles. The van der Waals surface area contributed by atoms with Crippen LogP contribution in [0.5, 0.6) is 5.75 Å². The molecular formula is C18H20N4O4. The van der Waals surface area contributed by atoms with Crippen LogP contribution in [0.3, 0.4) is 0 Å². The van der Waals surface area contributed by atoms with Crippen LogP contribution in [0.15, 0.2) is 48.8 Å². The lowest BCUT2D eigenvalue weighted by atomic mass is 10.2. The first-order valence-corrected chi connectivity index (χ1v) is 8.38. The Morgan fingerprint density at radius 2 is 1.88 bits per heavy atom. The molecule has 0 bridgehead atoms. The summed E-state index contributed by atoms with van der Waals surface area (Å²) in [5.41, 5.74) is 1.15. The lowest BCUT2D eigenvalue weighted by Crippen LogP contribution is -2.49. The number of piperazine rings is 1. The Bertz CT molecular complexity index is 744. The highest BCUT2D eigenvalue weighted by Crippen LogP contribution is 2.17. The van der Waals surface area contributed by atoms with Crippen molar-refractivity contribution in [2.45, 2.75) is 6.54 Å². The van der Waals surface area contributed by atoms with Gasteiger partial charge in [-0.15, -0.1) is 0 Å². The van der Waals surface area contributed by atoms with Crippen molar-refractivity contribution < 1.29 is 14.5 Å². The van der Waals surface area contributed by atoms with Crippen LogP contribution >= 0.6 is 0 Å². The summed E-state index contributed by atoms with van der Waals surface area (Å²) in [4.78, 5) is 30.6. The summed E-state index contributed by atoms with van der Waals surface area (Å²) in [6, 6.07) is 9.68. The normalized spacial score (nSPS) is 14.8. The number of ether oxygens (including phenoxy) is 1. The Labute approximate surface area is 151 Å². The maximum absolute atomic E-state index is 12.3. The van der Waals surface area contributed by atoms with Crippen molar-refractivity contribution in [3.63, 3.8) is 0 Å². The van der Waals surface area contributed by atoms with Gasteiger partial charge in [-0.3, -0.25) is 24.8 Å². The molecular weight excluding hydrogens is 336 g/mol. The Kier molecular flexibility index (Phi) is 5.75. The summed E-state index contributed by atoms with van der Waals surface area (Å²) in [6.07, 6.45) is 3.61. The summed E-state index contributed by atoms with van der Waals surface area (Å²) in [5, 5.41) is 10.6. The summed E-state index contributed by atoms with van der Waals surface area (Å²) < 4.78 is 5.44. The maximum Gasteiger partial charge on any atom is 0.269 e. The largest absolute Gasteiger partial charge is 0.484 e. The molecule has 8 heteroatoms. The van der Waals surface area contributed by atoms with E-state index in [1.54, 1.807) is 11.1 Å². The predicted octanol–water partition coefficient (Wildman–Crippen LogP) is 1.71. The number of nitrogens with zero attached hydrogens (tertiary/aromatic N) is 4. The molecule has 2 aromatic rings. The molecule has 1 aromatic carbocycles. The minimum atomic E-state index is -0.472. The van der Waals surface area contributed by atoms with E-state index in [9.17, 15) is 14.9 Å². The number of aromatic nitrogens is 1. The first-order valence-electron chi connectivity index (χ1n) is 8.38. The average Bonchev–Trinajstić information content (AvgIpc) is 2.68. The Morgan fingerprint density at radius 1 is 1.15 bits per heavy atom. The van der Waals surface area contributed by atoms with Crippen molar-refractivity contribution in [2.24, 2.45) is 0 Å². The zero-order valence-electron chi connectivity index (χ0n) is 14.3. The predicted molar refractivity (Wildman–Crippen MR) is 94.7 cm³/mol. The van der Waals surface area contributed by atoms with Crippen LogP contribution in [-0.2, 0) is 11.3 Å². The second kappa shape index (κ2) is 8.39. The molecule has 0 spiro atoms. The molecule has 0 aliphatic carbocycles. The van der Waals surface area contributed by atoms with Crippen molar-refractivity contribution in [3.8, 4) is 5.75 Å². The SMILES string of the molecule is O=C(COc1ccc([N+](=O)[O-])cc1)N1CCN(Cc2cccnc2)CC1. The van der Waals surface area contributed by atoms with Crippen LogP contribution in [0.2, 0.25) is 0 Å². The van der Waals surface area contributed by atoms with E-state index in [4.69, 9.17) is 4.74 Å². The quantitative estimate of drug-likeness (QED) is 0.578. The molecule has 0 N–H and O–H groups in total. The molecule has 0 unspecified atom stereocenters. The third kappa shape index (κ3) is 4.76. The van der Waals surface area contributed by atoms with Gasteiger partial charge in [-0.2, -0.15) is 0 Å².